The normalized spacial score (nSPS) is 11.4. The van der Waals surface area contributed by atoms with Crippen molar-refractivity contribution >= 4 is 40.0 Å². The maximum absolute atomic E-state index is 11.9. The van der Waals surface area contributed by atoms with Crippen LogP contribution >= 0.6 is 24.0 Å². The largest absolute Gasteiger partial charge is 0.494 e. The number of para-hydroxylation sites is 1. The maximum Gasteiger partial charge on any atom is 0.240 e. The van der Waals surface area contributed by atoms with Crippen LogP contribution in [0.2, 0.25) is 0 Å². The molecule has 0 aromatic heterocycles. The lowest BCUT2D eigenvalue weighted by molar-refractivity contribution is 0.311. The van der Waals surface area contributed by atoms with Gasteiger partial charge in [-0.05, 0) is 50.2 Å². The molecule has 2 rings (SSSR count). The highest BCUT2D eigenvalue weighted by molar-refractivity contribution is 14.0. The number of aliphatic imine (C=N–C) groups is 1. The molecule has 0 aliphatic heterocycles. The second-order valence-corrected chi connectivity index (χ2v) is 7.88. The molecule has 0 atom stereocenters. The molecule has 0 spiro atoms. The fourth-order valence-corrected chi connectivity index (χ4v) is 3.23. The van der Waals surface area contributed by atoms with Crippen molar-refractivity contribution in [3.8, 4) is 5.75 Å². The van der Waals surface area contributed by atoms with Crippen molar-refractivity contribution in [2.45, 2.75) is 24.8 Å². The first-order valence-corrected chi connectivity index (χ1v) is 10.8. The first-order valence-electron chi connectivity index (χ1n) is 9.27. The van der Waals surface area contributed by atoms with E-state index in [2.05, 4.69) is 20.3 Å². The molecule has 7 nitrogen and oxygen atoms in total. The molecule has 3 N–H and O–H groups in total. The van der Waals surface area contributed by atoms with Crippen LogP contribution < -0.4 is 20.1 Å². The highest BCUT2D eigenvalue weighted by Crippen LogP contribution is 2.12. The third-order valence-corrected chi connectivity index (χ3v) is 5.28. The maximum atomic E-state index is 11.9. The molecule has 0 fully saturated rings. The molecule has 0 saturated heterocycles. The number of rotatable bonds is 10. The minimum absolute atomic E-state index is 0. The van der Waals surface area contributed by atoms with Gasteiger partial charge in [-0.2, -0.15) is 0 Å². The van der Waals surface area contributed by atoms with Crippen molar-refractivity contribution in [1.82, 2.24) is 15.4 Å². The van der Waals surface area contributed by atoms with Crippen LogP contribution in [0.25, 0.3) is 0 Å². The predicted octanol–water partition coefficient (Wildman–Crippen LogP) is 2.74. The number of hydrogen-bond donors (Lipinski definition) is 3. The van der Waals surface area contributed by atoms with E-state index in [0.717, 1.165) is 24.3 Å². The Bertz CT molecular complexity index is 861. The quantitative estimate of drug-likeness (QED) is 0.190. The van der Waals surface area contributed by atoms with Crippen LogP contribution in [-0.2, 0) is 16.6 Å². The average Bonchev–Trinajstić information content (AvgIpc) is 2.72. The molecule has 0 amide bonds. The molecule has 0 radical (unpaired) electrons. The summed E-state index contributed by atoms with van der Waals surface area (Å²) in [5.74, 6) is 1.54. The molecule has 0 unspecified atom stereocenters. The van der Waals surface area contributed by atoms with Gasteiger partial charge in [-0.1, -0.05) is 30.3 Å². The van der Waals surface area contributed by atoms with Crippen LogP contribution in [-0.4, -0.2) is 41.1 Å². The Balaban J connectivity index is 0.00000420. The number of nitrogens with one attached hydrogen (secondary N) is 3. The van der Waals surface area contributed by atoms with Gasteiger partial charge in [0.25, 0.3) is 0 Å². The van der Waals surface area contributed by atoms with Gasteiger partial charge in [0.15, 0.2) is 5.96 Å². The zero-order valence-corrected chi connectivity index (χ0v) is 19.9. The molecule has 2 aromatic carbocycles. The third-order valence-electron chi connectivity index (χ3n) is 3.87. The summed E-state index contributed by atoms with van der Waals surface area (Å²) in [7, 11) is -2.06. The van der Waals surface area contributed by atoms with Crippen LogP contribution in [0.5, 0.6) is 5.75 Å². The molecule has 0 bridgehead atoms. The van der Waals surface area contributed by atoms with E-state index in [1.807, 2.05) is 43.3 Å². The zero-order valence-electron chi connectivity index (χ0n) is 16.7. The summed E-state index contributed by atoms with van der Waals surface area (Å²) in [4.78, 5) is 4.76. The van der Waals surface area contributed by atoms with Gasteiger partial charge in [-0.15, -0.1) is 24.0 Å². The highest BCUT2D eigenvalue weighted by atomic mass is 127. The predicted molar refractivity (Wildman–Crippen MR) is 127 cm³/mol. The fourth-order valence-electron chi connectivity index (χ4n) is 2.43. The second kappa shape index (κ2) is 13.4. The van der Waals surface area contributed by atoms with Gasteiger partial charge in [-0.3, -0.25) is 0 Å². The highest BCUT2D eigenvalue weighted by Gasteiger charge is 2.11. The van der Waals surface area contributed by atoms with Crippen LogP contribution in [0.15, 0.2) is 64.5 Å². The van der Waals surface area contributed by atoms with Gasteiger partial charge in [0, 0.05) is 13.1 Å². The van der Waals surface area contributed by atoms with Crippen LogP contribution in [0.3, 0.4) is 0 Å². The number of guanidine groups is 1. The number of hydrogen-bond acceptors (Lipinski definition) is 4. The Hall–Kier alpha value is -1.85. The van der Waals surface area contributed by atoms with Crippen molar-refractivity contribution in [2.75, 3.05) is 26.7 Å². The van der Waals surface area contributed by atoms with E-state index < -0.39 is 10.0 Å². The Morgan fingerprint density at radius 3 is 2.52 bits per heavy atom. The Morgan fingerprint density at radius 1 is 1.07 bits per heavy atom. The van der Waals surface area contributed by atoms with Gasteiger partial charge in [-0.25, -0.2) is 18.1 Å². The lowest BCUT2D eigenvalue weighted by Gasteiger charge is -2.12. The van der Waals surface area contributed by atoms with Crippen molar-refractivity contribution in [3.05, 3.63) is 60.2 Å². The lowest BCUT2D eigenvalue weighted by atomic mass is 10.2. The number of ether oxygens (including phenoxy) is 1. The smallest absolute Gasteiger partial charge is 0.240 e. The summed E-state index contributed by atoms with van der Waals surface area (Å²) in [5.41, 5.74) is 0.820. The van der Waals surface area contributed by atoms with Gasteiger partial charge >= 0.3 is 0 Å². The molecule has 0 aliphatic rings. The van der Waals surface area contributed by atoms with Gasteiger partial charge in [0.05, 0.1) is 18.0 Å². The Kier molecular flexibility index (Phi) is 11.6. The van der Waals surface area contributed by atoms with E-state index in [4.69, 9.17) is 4.74 Å². The minimum atomic E-state index is -3.46. The summed E-state index contributed by atoms with van der Waals surface area (Å²) >= 11 is 0. The van der Waals surface area contributed by atoms with E-state index >= 15 is 0 Å². The summed E-state index contributed by atoms with van der Waals surface area (Å²) in [6.07, 6.45) is 0.829. The average molecular weight is 532 g/mol. The number of halogens is 1. The Morgan fingerprint density at radius 2 is 1.83 bits per heavy atom. The summed E-state index contributed by atoms with van der Waals surface area (Å²) < 4.78 is 31.8. The molecule has 9 heteroatoms. The molecule has 160 valence electrons. The zero-order chi connectivity index (χ0) is 20.2. The molecule has 2 aromatic rings. The Labute approximate surface area is 190 Å². The van der Waals surface area contributed by atoms with E-state index in [9.17, 15) is 8.42 Å². The van der Waals surface area contributed by atoms with Gasteiger partial charge in [0.2, 0.25) is 10.0 Å². The van der Waals surface area contributed by atoms with Crippen molar-refractivity contribution in [1.29, 1.82) is 0 Å². The third kappa shape index (κ3) is 9.01. The molecule has 0 saturated carbocycles. The van der Waals surface area contributed by atoms with Crippen LogP contribution in [0.4, 0.5) is 0 Å². The van der Waals surface area contributed by atoms with Gasteiger partial charge < -0.3 is 15.4 Å². The topological polar surface area (TPSA) is 91.8 Å². The molecule has 0 aliphatic carbocycles. The number of nitrogens with zero attached hydrogens (tertiary/aromatic N) is 1. The molecule has 0 heterocycles. The summed E-state index contributed by atoms with van der Waals surface area (Å²) in [5, 5.41) is 6.45. The summed E-state index contributed by atoms with van der Waals surface area (Å²) in [6.45, 7) is 4.44. The fraction of sp³-hybridized carbons (Fsp3) is 0.350. The minimum Gasteiger partial charge on any atom is -0.494 e. The molecule has 29 heavy (non-hydrogen) atoms. The number of sulfonamides is 1. The number of benzene rings is 2. The van der Waals surface area contributed by atoms with Crippen LogP contribution in [0, 0.1) is 0 Å². The molecular weight excluding hydrogens is 503 g/mol. The monoisotopic (exact) mass is 532 g/mol. The van der Waals surface area contributed by atoms with E-state index in [-0.39, 0.29) is 28.9 Å². The van der Waals surface area contributed by atoms with Crippen LogP contribution in [0.1, 0.15) is 18.9 Å². The molecular formula is C20H29IN4O3S. The second-order valence-electron chi connectivity index (χ2n) is 5.99. The van der Waals surface area contributed by atoms with Crippen molar-refractivity contribution in [3.63, 3.8) is 0 Å². The van der Waals surface area contributed by atoms with E-state index in [1.54, 1.807) is 18.2 Å². The first-order chi connectivity index (χ1) is 13.5. The van der Waals surface area contributed by atoms with Crippen molar-refractivity contribution in [2.24, 2.45) is 4.99 Å². The standard InChI is InChI=1S/C20H28N4O3S.HI/c1-3-22-20(23-13-8-14-27-18-10-5-4-6-11-18)24-16-17-9-7-12-19(15-17)28(25,26)21-2;/h4-7,9-12,15,21H,3,8,13-14,16H2,1-2H3,(H2,22,23,24);1H. The SMILES string of the molecule is CCNC(=NCc1cccc(S(=O)(=O)NC)c1)NCCCOc1ccccc1.I. The van der Waals surface area contributed by atoms with Gasteiger partial charge in [0.1, 0.15) is 5.75 Å². The lowest BCUT2D eigenvalue weighted by Crippen LogP contribution is -2.38. The van der Waals surface area contributed by atoms with E-state index in [0.29, 0.717) is 25.7 Å². The first kappa shape index (κ1) is 25.2. The van der Waals surface area contributed by atoms with E-state index in [1.165, 1.54) is 7.05 Å². The summed E-state index contributed by atoms with van der Waals surface area (Å²) in [6, 6.07) is 16.5. The van der Waals surface area contributed by atoms with Crippen molar-refractivity contribution < 1.29 is 13.2 Å².